The average Bonchev–Trinajstić information content (AvgIpc) is 3.34. The summed E-state index contributed by atoms with van der Waals surface area (Å²) in [6, 6.07) is 4.17. The highest BCUT2D eigenvalue weighted by Crippen LogP contribution is 2.40. The molecule has 12 heteroatoms. The molecular weight excluding hydrogens is 594 g/mol. The van der Waals surface area contributed by atoms with E-state index in [9.17, 15) is 27.5 Å². The van der Waals surface area contributed by atoms with E-state index in [4.69, 9.17) is 5.10 Å². The van der Waals surface area contributed by atoms with E-state index in [2.05, 4.69) is 9.80 Å². The predicted molar refractivity (Wildman–Crippen MR) is 164 cm³/mol. The third kappa shape index (κ3) is 8.16. The molecule has 0 radical (unpaired) electrons. The first-order valence-electron chi connectivity index (χ1n) is 16.0. The summed E-state index contributed by atoms with van der Waals surface area (Å²) in [6.07, 6.45) is -0.997. The highest BCUT2D eigenvalue weighted by atomic mass is 32.2. The van der Waals surface area contributed by atoms with Gasteiger partial charge in [-0.2, -0.15) is 18.3 Å². The third-order valence-electron chi connectivity index (χ3n) is 8.98. The Morgan fingerprint density at radius 1 is 1.05 bits per heavy atom. The second-order valence-electron chi connectivity index (χ2n) is 12.7. The van der Waals surface area contributed by atoms with Gasteiger partial charge < -0.3 is 19.8 Å². The summed E-state index contributed by atoms with van der Waals surface area (Å²) in [6.45, 7) is 9.17. The van der Waals surface area contributed by atoms with Crippen molar-refractivity contribution in [1.82, 2.24) is 24.5 Å². The molecule has 3 aliphatic heterocycles. The number of β-amino-alcohol motifs (C(OH)–C–C–N with tert-alkyl or cyclic N) is 1. The molecule has 0 bridgehead atoms. The van der Waals surface area contributed by atoms with Crippen LogP contribution in [0.15, 0.2) is 23.1 Å². The van der Waals surface area contributed by atoms with Crippen LogP contribution >= 0.6 is 11.8 Å². The number of thioether (sulfide) groups is 1. The molecule has 1 amide bonds. The smallest absolute Gasteiger partial charge is 0.390 e. The molecule has 1 atom stereocenters. The van der Waals surface area contributed by atoms with Gasteiger partial charge in [-0.15, -0.1) is 11.8 Å². The van der Waals surface area contributed by atoms with Gasteiger partial charge in [0.25, 0.3) is 0 Å². The maximum absolute atomic E-state index is 14.1. The van der Waals surface area contributed by atoms with Crippen molar-refractivity contribution in [2.24, 2.45) is 5.92 Å². The van der Waals surface area contributed by atoms with Gasteiger partial charge >= 0.3 is 6.18 Å². The van der Waals surface area contributed by atoms with Crippen molar-refractivity contribution < 1.29 is 27.5 Å². The minimum atomic E-state index is -4.51. The number of hydrogen-bond acceptors (Lipinski definition) is 6. The van der Waals surface area contributed by atoms with Crippen LogP contribution in [0.3, 0.4) is 0 Å². The molecule has 2 aromatic rings. The van der Waals surface area contributed by atoms with Crippen molar-refractivity contribution in [2.75, 3.05) is 51.6 Å². The van der Waals surface area contributed by atoms with Crippen molar-refractivity contribution in [3.05, 3.63) is 35.0 Å². The number of piperidine rings is 2. The van der Waals surface area contributed by atoms with Crippen LogP contribution in [-0.2, 0) is 30.5 Å². The fraction of sp³-hybridized carbons (Fsp3) is 0.688. The van der Waals surface area contributed by atoms with Crippen molar-refractivity contribution in [3.63, 3.8) is 0 Å². The van der Waals surface area contributed by atoms with Gasteiger partial charge in [0.1, 0.15) is 6.17 Å². The quantitative estimate of drug-likeness (QED) is 0.275. The van der Waals surface area contributed by atoms with Crippen LogP contribution < -0.4 is 0 Å². The van der Waals surface area contributed by atoms with Gasteiger partial charge in [-0.25, -0.2) is 4.39 Å². The number of alkyl halides is 4. The Morgan fingerprint density at radius 3 is 2.45 bits per heavy atom. The summed E-state index contributed by atoms with van der Waals surface area (Å²) in [7, 11) is 0. The largest absolute Gasteiger partial charge is 0.417 e. The number of amides is 1. The van der Waals surface area contributed by atoms with Gasteiger partial charge in [0.2, 0.25) is 5.91 Å². The van der Waals surface area contributed by atoms with Crippen LogP contribution in [0.4, 0.5) is 17.6 Å². The molecule has 1 unspecified atom stereocenters. The van der Waals surface area contributed by atoms with Gasteiger partial charge in [-0.3, -0.25) is 9.48 Å². The van der Waals surface area contributed by atoms with Crippen LogP contribution in [0, 0.1) is 5.92 Å². The number of aromatic nitrogens is 2. The zero-order chi connectivity index (χ0) is 31.4. The number of fused-ring (bicyclic) bond motifs is 1. The van der Waals surface area contributed by atoms with E-state index in [1.165, 1.54) is 12.5 Å². The first kappa shape index (κ1) is 33.2. The normalized spacial score (nSPS) is 19.9. The lowest BCUT2D eigenvalue weighted by molar-refractivity contribution is -0.139. The minimum absolute atomic E-state index is 0.0277. The van der Waals surface area contributed by atoms with E-state index in [0.717, 1.165) is 55.0 Å². The molecule has 5 rings (SSSR count). The number of aliphatic hydroxyl groups is 1. The number of carbonyl (C=O) groups is 1. The van der Waals surface area contributed by atoms with E-state index < -0.39 is 24.0 Å². The number of nitrogens with zero attached hydrogens (tertiary/aromatic N) is 5. The Morgan fingerprint density at radius 2 is 1.77 bits per heavy atom. The molecule has 2 saturated heterocycles. The minimum Gasteiger partial charge on any atom is -0.390 e. The zero-order valence-electron chi connectivity index (χ0n) is 25.8. The van der Waals surface area contributed by atoms with Crippen LogP contribution in [0.25, 0.3) is 11.3 Å². The predicted octanol–water partition coefficient (Wildman–Crippen LogP) is 5.48. The molecule has 1 aromatic heterocycles. The van der Waals surface area contributed by atoms with E-state index >= 15 is 0 Å². The molecule has 44 heavy (non-hydrogen) atoms. The highest BCUT2D eigenvalue weighted by Gasteiger charge is 2.35. The fourth-order valence-corrected chi connectivity index (χ4v) is 7.68. The summed E-state index contributed by atoms with van der Waals surface area (Å²) < 4.78 is 57.6. The topological polar surface area (TPSA) is 64.8 Å². The molecule has 0 saturated carbocycles. The molecule has 4 heterocycles. The zero-order valence-corrected chi connectivity index (χ0v) is 26.6. The second kappa shape index (κ2) is 14.5. The number of likely N-dealkylation sites (tertiary alicyclic amines) is 2. The van der Waals surface area contributed by atoms with E-state index in [1.54, 1.807) is 11.0 Å². The van der Waals surface area contributed by atoms with E-state index in [-0.39, 0.29) is 23.3 Å². The van der Waals surface area contributed by atoms with Crippen LogP contribution in [0.5, 0.6) is 0 Å². The third-order valence-corrected chi connectivity index (χ3v) is 10.0. The standard InChI is InChI=1S/C32H45F4N5O2S/c1-22(2)31(43)40-15-10-28-26(21-40)30(37-41(28)20-25(42)19-39-11-4-3-5-12-39)23-6-7-27(32(34,35)36)29(18-23)44-17-16-38-13-8-24(33)9-14-38/h6-7,18,22,24-25,42H,3-5,8-17,19-21H2,1-2H3. The molecule has 2 fully saturated rings. The fourth-order valence-electron chi connectivity index (χ4n) is 6.56. The lowest BCUT2D eigenvalue weighted by atomic mass is 9.99. The number of hydrogen-bond donors (Lipinski definition) is 1. The van der Waals surface area contributed by atoms with Gasteiger partial charge in [0, 0.05) is 79.1 Å². The van der Waals surface area contributed by atoms with E-state index in [1.807, 2.05) is 18.5 Å². The highest BCUT2D eigenvalue weighted by molar-refractivity contribution is 7.99. The molecule has 3 aliphatic rings. The maximum Gasteiger partial charge on any atom is 0.417 e. The summed E-state index contributed by atoms with van der Waals surface area (Å²) >= 11 is 1.16. The first-order chi connectivity index (χ1) is 21.0. The molecule has 0 aliphatic carbocycles. The number of benzene rings is 1. The van der Waals surface area contributed by atoms with Crippen molar-refractivity contribution in [3.8, 4) is 11.3 Å². The van der Waals surface area contributed by atoms with Crippen molar-refractivity contribution in [2.45, 2.75) is 88.8 Å². The van der Waals surface area contributed by atoms with E-state index in [0.29, 0.717) is 75.5 Å². The molecule has 7 nitrogen and oxygen atoms in total. The maximum atomic E-state index is 14.1. The summed E-state index contributed by atoms with van der Waals surface area (Å²) in [5, 5.41) is 15.9. The summed E-state index contributed by atoms with van der Waals surface area (Å²) in [5.41, 5.74) is 2.21. The van der Waals surface area contributed by atoms with Gasteiger partial charge in [0.15, 0.2) is 0 Å². The van der Waals surface area contributed by atoms with Crippen molar-refractivity contribution >= 4 is 17.7 Å². The van der Waals surface area contributed by atoms with Gasteiger partial charge in [-0.1, -0.05) is 26.3 Å². The first-order valence-corrected chi connectivity index (χ1v) is 17.0. The lowest BCUT2D eigenvalue weighted by Crippen LogP contribution is -2.40. The monoisotopic (exact) mass is 639 g/mol. The lowest BCUT2D eigenvalue weighted by Gasteiger charge is -2.30. The number of halogens is 4. The number of rotatable bonds is 10. The molecule has 244 valence electrons. The van der Waals surface area contributed by atoms with Crippen molar-refractivity contribution in [1.29, 1.82) is 0 Å². The number of aliphatic hydroxyl groups excluding tert-OH is 1. The molecule has 1 N–H and O–H groups in total. The van der Waals surface area contributed by atoms with Crippen LogP contribution in [0.1, 0.15) is 62.8 Å². The van der Waals surface area contributed by atoms with Crippen LogP contribution in [-0.4, -0.2) is 99.3 Å². The van der Waals surface area contributed by atoms with Gasteiger partial charge in [0.05, 0.1) is 23.9 Å². The summed E-state index contributed by atoms with van der Waals surface area (Å²) in [5.74, 6) is 0.307. The average molecular weight is 640 g/mol. The Bertz CT molecular complexity index is 1270. The molecule has 0 spiro atoms. The Kier molecular flexibility index (Phi) is 11.0. The second-order valence-corrected chi connectivity index (χ2v) is 13.8. The van der Waals surface area contributed by atoms with Gasteiger partial charge in [-0.05, 0) is 50.9 Å². The molecular formula is C32H45F4N5O2S. The molecule has 1 aromatic carbocycles. The Labute approximate surface area is 261 Å². The van der Waals surface area contributed by atoms with Crippen LogP contribution in [0.2, 0.25) is 0 Å². The SMILES string of the molecule is CC(C)C(=O)N1CCc2c(c(-c3ccc(C(F)(F)F)c(SCCN4CCC(F)CC4)c3)nn2CC(O)CN2CCCCC2)C1. The Hall–Kier alpha value is -2.15. The number of carbonyl (C=O) groups excluding carboxylic acids is 1. The summed E-state index contributed by atoms with van der Waals surface area (Å²) in [4.78, 5) is 19.2. The Balaban J connectivity index is 1.42.